The van der Waals surface area contributed by atoms with Crippen molar-refractivity contribution in [2.45, 2.75) is 5.54 Å². The minimum Gasteiger partial charge on any atom is -0.494 e. The van der Waals surface area contributed by atoms with Crippen LogP contribution in [0.2, 0.25) is 0 Å². The average molecular weight is 273 g/mol. The van der Waals surface area contributed by atoms with Gasteiger partial charge in [0.1, 0.15) is 5.54 Å². The second-order valence-electron chi connectivity index (χ2n) is 4.06. The Morgan fingerprint density at radius 1 is 1.32 bits per heavy atom. The Morgan fingerprint density at radius 2 is 1.89 bits per heavy atom. The molecular formula is C12H16FNO5. The fourth-order valence-corrected chi connectivity index (χ4v) is 1.39. The first-order valence-corrected chi connectivity index (χ1v) is 5.50. The van der Waals surface area contributed by atoms with Crippen molar-refractivity contribution >= 4 is 5.91 Å². The first kappa shape index (κ1) is 15.4. The quantitative estimate of drug-likeness (QED) is 0.548. The molecule has 0 aliphatic heterocycles. The lowest BCUT2D eigenvalue weighted by Crippen LogP contribution is -2.57. The molecule has 4 N–H and O–H groups in total. The first-order valence-electron chi connectivity index (χ1n) is 5.50. The minimum atomic E-state index is -1.55. The molecule has 0 atom stereocenters. The van der Waals surface area contributed by atoms with Crippen molar-refractivity contribution in [3.8, 4) is 5.75 Å². The van der Waals surface area contributed by atoms with E-state index in [0.717, 1.165) is 6.07 Å². The number of hydrogen-bond acceptors (Lipinski definition) is 5. The van der Waals surface area contributed by atoms with Crippen LogP contribution in [-0.2, 0) is 0 Å². The van der Waals surface area contributed by atoms with Gasteiger partial charge in [-0.2, -0.15) is 0 Å². The molecule has 1 amide bonds. The Hall–Kier alpha value is -1.70. The van der Waals surface area contributed by atoms with Gasteiger partial charge in [-0.05, 0) is 18.2 Å². The summed E-state index contributed by atoms with van der Waals surface area (Å²) in [6.07, 6.45) is 0. The Bertz CT molecular complexity index is 439. The van der Waals surface area contributed by atoms with Gasteiger partial charge in [0.15, 0.2) is 11.6 Å². The lowest BCUT2D eigenvalue weighted by Gasteiger charge is -2.28. The van der Waals surface area contributed by atoms with Crippen LogP contribution < -0.4 is 10.1 Å². The van der Waals surface area contributed by atoms with E-state index in [9.17, 15) is 9.18 Å². The fraction of sp³-hybridized carbons (Fsp3) is 0.417. The summed E-state index contributed by atoms with van der Waals surface area (Å²) in [5, 5.41) is 29.5. The van der Waals surface area contributed by atoms with Crippen LogP contribution >= 0.6 is 0 Å². The van der Waals surface area contributed by atoms with Crippen LogP contribution in [0.5, 0.6) is 5.75 Å². The number of benzene rings is 1. The van der Waals surface area contributed by atoms with Crippen molar-refractivity contribution in [3.05, 3.63) is 29.6 Å². The van der Waals surface area contributed by atoms with Crippen LogP contribution in [-0.4, -0.2) is 53.7 Å². The van der Waals surface area contributed by atoms with Crippen molar-refractivity contribution in [3.63, 3.8) is 0 Å². The molecule has 19 heavy (non-hydrogen) atoms. The highest BCUT2D eigenvalue weighted by atomic mass is 19.1. The van der Waals surface area contributed by atoms with Crippen LogP contribution in [0.1, 0.15) is 10.4 Å². The van der Waals surface area contributed by atoms with Crippen LogP contribution in [0.25, 0.3) is 0 Å². The largest absolute Gasteiger partial charge is 0.494 e. The second kappa shape index (κ2) is 6.46. The third kappa shape index (κ3) is 3.40. The first-order chi connectivity index (χ1) is 9.01. The number of methoxy groups -OCH3 is 1. The van der Waals surface area contributed by atoms with Gasteiger partial charge in [0.05, 0.1) is 26.9 Å². The Kier molecular flexibility index (Phi) is 5.22. The number of nitrogens with one attached hydrogen (secondary N) is 1. The van der Waals surface area contributed by atoms with Crippen molar-refractivity contribution < 1.29 is 29.2 Å². The van der Waals surface area contributed by atoms with Gasteiger partial charge in [-0.3, -0.25) is 4.79 Å². The fourth-order valence-electron chi connectivity index (χ4n) is 1.39. The molecule has 0 radical (unpaired) electrons. The smallest absolute Gasteiger partial charge is 0.252 e. The third-order valence-electron chi connectivity index (χ3n) is 2.70. The van der Waals surface area contributed by atoms with E-state index in [1.165, 1.54) is 19.2 Å². The summed E-state index contributed by atoms with van der Waals surface area (Å²) in [7, 11) is 1.30. The van der Waals surface area contributed by atoms with E-state index in [4.69, 9.17) is 20.1 Å². The number of ether oxygens (including phenoxy) is 1. The average Bonchev–Trinajstić information content (AvgIpc) is 2.44. The van der Waals surface area contributed by atoms with Gasteiger partial charge < -0.3 is 25.4 Å². The van der Waals surface area contributed by atoms with E-state index in [0.29, 0.717) is 0 Å². The number of hydrogen-bond donors (Lipinski definition) is 4. The molecule has 0 fully saturated rings. The van der Waals surface area contributed by atoms with Crippen molar-refractivity contribution in [1.29, 1.82) is 0 Å². The summed E-state index contributed by atoms with van der Waals surface area (Å²) in [4.78, 5) is 11.8. The molecular weight excluding hydrogens is 257 g/mol. The normalized spacial score (nSPS) is 11.2. The molecule has 6 nitrogen and oxygen atoms in total. The van der Waals surface area contributed by atoms with Gasteiger partial charge in [0.2, 0.25) is 0 Å². The molecule has 0 unspecified atom stereocenters. The number of aliphatic hydroxyl groups is 3. The topological polar surface area (TPSA) is 99.0 Å². The standard InChI is InChI=1S/C12H16FNO5/c1-19-10-3-2-8(4-9(10)13)11(18)14-12(5-15,6-16)7-17/h2-4,15-17H,5-7H2,1H3,(H,14,18). The molecule has 1 rings (SSSR count). The second-order valence-corrected chi connectivity index (χ2v) is 4.06. The summed E-state index contributed by atoms with van der Waals surface area (Å²) < 4.78 is 18.2. The van der Waals surface area contributed by atoms with E-state index < -0.39 is 37.1 Å². The van der Waals surface area contributed by atoms with Crippen molar-refractivity contribution in [1.82, 2.24) is 5.32 Å². The van der Waals surface area contributed by atoms with Crippen LogP contribution in [0.15, 0.2) is 18.2 Å². The lowest BCUT2D eigenvalue weighted by atomic mass is 10.0. The number of carbonyl (C=O) groups excluding carboxylic acids is 1. The van der Waals surface area contributed by atoms with Crippen LogP contribution in [0.4, 0.5) is 4.39 Å². The Balaban J connectivity index is 2.92. The summed E-state index contributed by atoms with van der Waals surface area (Å²) in [6, 6.07) is 3.57. The molecule has 0 spiro atoms. The minimum absolute atomic E-state index is 0.00529. The molecule has 0 saturated carbocycles. The Labute approximate surface area is 109 Å². The number of rotatable bonds is 6. The van der Waals surface area contributed by atoms with E-state index in [2.05, 4.69) is 5.32 Å². The van der Waals surface area contributed by atoms with Gasteiger partial charge in [-0.15, -0.1) is 0 Å². The van der Waals surface area contributed by atoms with Crippen LogP contribution in [0, 0.1) is 5.82 Å². The zero-order valence-corrected chi connectivity index (χ0v) is 10.4. The van der Waals surface area contributed by atoms with Gasteiger partial charge in [0, 0.05) is 5.56 Å². The van der Waals surface area contributed by atoms with Gasteiger partial charge in [-0.25, -0.2) is 4.39 Å². The molecule has 106 valence electrons. The summed E-state index contributed by atoms with van der Waals surface area (Å²) >= 11 is 0. The molecule has 0 heterocycles. The maximum atomic E-state index is 13.4. The number of halogens is 1. The SMILES string of the molecule is COc1ccc(C(=O)NC(CO)(CO)CO)cc1F. The number of amides is 1. The highest BCUT2D eigenvalue weighted by Crippen LogP contribution is 2.18. The highest BCUT2D eigenvalue weighted by Gasteiger charge is 2.30. The van der Waals surface area contributed by atoms with Gasteiger partial charge in [0.25, 0.3) is 5.91 Å². The third-order valence-corrected chi connectivity index (χ3v) is 2.70. The molecule has 0 saturated heterocycles. The van der Waals surface area contributed by atoms with E-state index in [1.807, 2.05) is 0 Å². The van der Waals surface area contributed by atoms with E-state index in [-0.39, 0.29) is 11.3 Å². The molecule has 0 aliphatic carbocycles. The van der Waals surface area contributed by atoms with Crippen molar-refractivity contribution in [2.75, 3.05) is 26.9 Å². The number of carbonyl (C=O) groups is 1. The molecule has 1 aromatic rings. The molecule has 1 aromatic carbocycles. The molecule has 0 aliphatic rings. The lowest BCUT2D eigenvalue weighted by molar-refractivity contribution is 0.0375. The maximum Gasteiger partial charge on any atom is 0.252 e. The number of aliphatic hydroxyl groups excluding tert-OH is 3. The highest BCUT2D eigenvalue weighted by molar-refractivity contribution is 5.94. The Morgan fingerprint density at radius 3 is 2.32 bits per heavy atom. The van der Waals surface area contributed by atoms with Gasteiger partial charge in [-0.1, -0.05) is 0 Å². The summed E-state index contributed by atoms with van der Waals surface area (Å²) in [6.45, 7) is -1.95. The monoisotopic (exact) mass is 273 g/mol. The van der Waals surface area contributed by atoms with E-state index in [1.54, 1.807) is 0 Å². The van der Waals surface area contributed by atoms with E-state index >= 15 is 0 Å². The summed E-state index contributed by atoms with van der Waals surface area (Å²) in [5.41, 5.74) is -1.56. The van der Waals surface area contributed by atoms with Crippen molar-refractivity contribution in [2.24, 2.45) is 0 Å². The zero-order chi connectivity index (χ0) is 14.5. The van der Waals surface area contributed by atoms with Crippen LogP contribution in [0.3, 0.4) is 0 Å². The summed E-state index contributed by atoms with van der Waals surface area (Å²) in [5.74, 6) is -1.44. The predicted molar refractivity (Wildman–Crippen MR) is 64.4 cm³/mol. The molecule has 0 aromatic heterocycles. The maximum absolute atomic E-state index is 13.4. The predicted octanol–water partition coefficient (Wildman–Crippen LogP) is -0.720. The molecule has 0 bridgehead atoms. The zero-order valence-electron chi connectivity index (χ0n) is 10.4. The molecule has 7 heteroatoms. The van der Waals surface area contributed by atoms with Gasteiger partial charge >= 0.3 is 0 Å².